The lowest BCUT2D eigenvalue weighted by molar-refractivity contribution is -0.142. The average molecular weight is 449 g/mol. The highest BCUT2D eigenvalue weighted by molar-refractivity contribution is 6.20. The van der Waals surface area contributed by atoms with Crippen LogP contribution in [0.2, 0.25) is 0 Å². The molecule has 1 amide bonds. The van der Waals surface area contributed by atoms with E-state index in [-0.39, 0.29) is 6.61 Å². The molecule has 1 aliphatic rings. The molecule has 0 saturated carbocycles. The van der Waals surface area contributed by atoms with Crippen LogP contribution < -0.4 is 10.5 Å². The molecule has 1 aromatic heterocycles. The molecular formula is C27H32N2O4. The molecule has 0 spiro atoms. The Morgan fingerprint density at radius 1 is 1.21 bits per heavy atom. The zero-order chi connectivity index (χ0) is 24.1. The van der Waals surface area contributed by atoms with Gasteiger partial charge in [-0.2, -0.15) is 0 Å². The Hall–Kier alpha value is -3.54. The van der Waals surface area contributed by atoms with Gasteiger partial charge < -0.3 is 19.8 Å². The summed E-state index contributed by atoms with van der Waals surface area (Å²) < 4.78 is 12.9. The molecule has 0 fully saturated rings. The van der Waals surface area contributed by atoms with Gasteiger partial charge in [0.2, 0.25) is 5.91 Å². The number of allylic oxidation sites excluding steroid dienone is 3. The second-order valence-electron chi connectivity index (χ2n) is 8.15. The van der Waals surface area contributed by atoms with Gasteiger partial charge in [0.1, 0.15) is 5.75 Å². The summed E-state index contributed by atoms with van der Waals surface area (Å²) in [5.74, 6) is -0.347. The van der Waals surface area contributed by atoms with Crippen LogP contribution >= 0.6 is 0 Å². The number of ether oxygens (including phenoxy) is 2. The summed E-state index contributed by atoms with van der Waals surface area (Å²) >= 11 is 0. The molecule has 4 rings (SSSR count). The maximum absolute atomic E-state index is 12.3. The summed E-state index contributed by atoms with van der Waals surface area (Å²) in [5.41, 5.74) is 11.9. The van der Waals surface area contributed by atoms with Crippen LogP contribution in [0.5, 0.6) is 5.75 Å². The Morgan fingerprint density at radius 3 is 2.58 bits per heavy atom. The summed E-state index contributed by atoms with van der Waals surface area (Å²) in [4.78, 5) is 24.0. The highest BCUT2D eigenvalue weighted by Crippen LogP contribution is 2.43. The highest BCUT2D eigenvalue weighted by atomic mass is 16.6. The lowest BCUT2D eigenvalue weighted by atomic mass is 10.0. The smallest absolute Gasteiger partial charge is 0.343 e. The number of carbonyl (C=O) groups is 2. The minimum Gasteiger partial charge on any atom is -0.481 e. The van der Waals surface area contributed by atoms with Crippen molar-refractivity contribution in [3.8, 4) is 5.75 Å². The number of aromatic nitrogens is 1. The number of aryl methyl sites for hydroxylation is 2. The number of benzene rings is 2. The van der Waals surface area contributed by atoms with Gasteiger partial charge in [0.05, 0.1) is 23.5 Å². The monoisotopic (exact) mass is 448 g/mol. The molecule has 2 N–H and O–H groups in total. The first-order valence-corrected chi connectivity index (χ1v) is 11.2. The van der Waals surface area contributed by atoms with Crippen LogP contribution in [-0.2, 0) is 28.9 Å². The largest absolute Gasteiger partial charge is 0.481 e. The summed E-state index contributed by atoms with van der Waals surface area (Å²) in [6.45, 7) is 9.87. The van der Waals surface area contributed by atoms with E-state index in [1.807, 2.05) is 32.0 Å². The molecular weight excluding hydrogens is 416 g/mol. The van der Waals surface area contributed by atoms with Crippen molar-refractivity contribution < 1.29 is 19.1 Å². The van der Waals surface area contributed by atoms with E-state index in [1.165, 1.54) is 23.8 Å². The number of hydrogen-bond acceptors (Lipinski definition) is 4. The van der Waals surface area contributed by atoms with Gasteiger partial charge in [0.15, 0.2) is 6.61 Å². The van der Waals surface area contributed by atoms with E-state index < -0.39 is 11.9 Å². The van der Waals surface area contributed by atoms with Crippen LogP contribution in [0.4, 0.5) is 0 Å². The first-order valence-electron chi connectivity index (χ1n) is 11.2. The second kappa shape index (κ2) is 10.4. The third-order valence-electron chi connectivity index (χ3n) is 5.93. The molecule has 0 unspecified atom stereocenters. The van der Waals surface area contributed by atoms with Crippen molar-refractivity contribution in [1.29, 1.82) is 0 Å². The first-order chi connectivity index (χ1) is 15.9. The highest BCUT2D eigenvalue weighted by Gasteiger charge is 2.26. The second-order valence-corrected chi connectivity index (χ2v) is 8.15. The van der Waals surface area contributed by atoms with Gasteiger partial charge in [-0.05, 0) is 69.4 Å². The minimum absolute atomic E-state index is 0.191. The fraction of sp³-hybridized carbons (Fsp3) is 0.333. The van der Waals surface area contributed by atoms with Gasteiger partial charge in [-0.1, -0.05) is 23.8 Å². The van der Waals surface area contributed by atoms with E-state index >= 15 is 0 Å². The topological polar surface area (TPSA) is 83.5 Å². The van der Waals surface area contributed by atoms with Gasteiger partial charge in [0.25, 0.3) is 0 Å². The zero-order valence-corrected chi connectivity index (χ0v) is 19.9. The molecule has 0 saturated heterocycles. The Labute approximate surface area is 194 Å². The summed E-state index contributed by atoms with van der Waals surface area (Å²) in [5, 5.41) is 1.62. The van der Waals surface area contributed by atoms with Crippen LogP contribution in [0, 0.1) is 0 Å². The third kappa shape index (κ3) is 4.65. The van der Waals surface area contributed by atoms with Gasteiger partial charge in [0, 0.05) is 17.5 Å². The molecule has 3 aromatic rings. The third-order valence-corrected chi connectivity index (χ3v) is 5.93. The molecule has 2 aromatic carbocycles. The standard InChI is InChI=1S/C24H26N2O4.C3H6/c1-4-14(2)12-26-18-10-6-9-17(24(25)28)21(18)22-19(30-13-20(27)29-3)11-15-7-5-8-16(15)23(22)26;1-3-2/h4,6,9-11H,5,7-8,12-13H2,1-3H3,(H2,25,28);3H,1H2,2H3/b14-4+;. The maximum atomic E-state index is 12.3. The fourth-order valence-electron chi connectivity index (χ4n) is 4.40. The van der Waals surface area contributed by atoms with Gasteiger partial charge >= 0.3 is 5.97 Å². The van der Waals surface area contributed by atoms with Crippen molar-refractivity contribution in [3.05, 3.63) is 65.3 Å². The van der Waals surface area contributed by atoms with Crippen LogP contribution in [0.1, 0.15) is 48.7 Å². The number of hydrogen-bond donors (Lipinski definition) is 1. The van der Waals surface area contributed by atoms with Crippen LogP contribution in [0.25, 0.3) is 21.8 Å². The van der Waals surface area contributed by atoms with Crippen molar-refractivity contribution in [2.75, 3.05) is 13.7 Å². The van der Waals surface area contributed by atoms with E-state index in [0.29, 0.717) is 17.9 Å². The molecule has 174 valence electrons. The minimum atomic E-state index is -0.484. The van der Waals surface area contributed by atoms with E-state index in [0.717, 1.165) is 41.1 Å². The molecule has 1 heterocycles. The molecule has 0 atom stereocenters. The van der Waals surface area contributed by atoms with E-state index in [9.17, 15) is 9.59 Å². The zero-order valence-electron chi connectivity index (χ0n) is 19.9. The van der Waals surface area contributed by atoms with Gasteiger partial charge in [-0.3, -0.25) is 4.79 Å². The van der Waals surface area contributed by atoms with Crippen molar-refractivity contribution in [3.63, 3.8) is 0 Å². The van der Waals surface area contributed by atoms with E-state index in [2.05, 4.69) is 24.1 Å². The molecule has 0 bridgehead atoms. The van der Waals surface area contributed by atoms with Gasteiger partial charge in [-0.15, -0.1) is 6.58 Å². The van der Waals surface area contributed by atoms with Crippen LogP contribution in [0.15, 0.2) is 48.6 Å². The lowest BCUT2D eigenvalue weighted by Gasteiger charge is -2.14. The Bertz CT molecular complexity index is 1250. The molecule has 6 heteroatoms. The Balaban J connectivity index is 0.000000968. The van der Waals surface area contributed by atoms with Crippen molar-refractivity contribution in [2.24, 2.45) is 5.73 Å². The Kier molecular flexibility index (Phi) is 7.59. The number of fused-ring (bicyclic) bond motifs is 5. The van der Waals surface area contributed by atoms with Crippen LogP contribution in [-0.4, -0.2) is 30.2 Å². The normalized spacial score (nSPS) is 12.8. The predicted octanol–water partition coefficient (Wildman–Crippen LogP) is 5.09. The number of nitrogens with two attached hydrogens (primary N) is 1. The number of methoxy groups -OCH3 is 1. The Morgan fingerprint density at radius 2 is 1.94 bits per heavy atom. The van der Waals surface area contributed by atoms with Crippen LogP contribution in [0.3, 0.4) is 0 Å². The number of esters is 1. The lowest BCUT2D eigenvalue weighted by Crippen LogP contribution is -2.13. The average Bonchev–Trinajstić information content (AvgIpc) is 3.40. The molecule has 6 nitrogen and oxygen atoms in total. The summed E-state index contributed by atoms with van der Waals surface area (Å²) in [7, 11) is 1.33. The number of rotatable bonds is 6. The maximum Gasteiger partial charge on any atom is 0.343 e. The number of carbonyl (C=O) groups excluding carboxylic acids is 2. The SMILES string of the molecule is C/C=C(\C)Cn1c2cccc(C(N)=O)c2c2c(OCC(=O)OC)cc3c(c21)CCC3.C=CC. The molecule has 33 heavy (non-hydrogen) atoms. The fourth-order valence-corrected chi connectivity index (χ4v) is 4.40. The predicted molar refractivity (Wildman–Crippen MR) is 133 cm³/mol. The van der Waals surface area contributed by atoms with E-state index in [4.69, 9.17) is 15.2 Å². The quantitative estimate of drug-likeness (QED) is 0.420. The molecule has 1 aliphatic carbocycles. The molecule has 0 radical (unpaired) electrons. The van der Waals surface area contributed by atoms with E-state index in [1.54, 1.807) is 12.1 Å². The van der Waals surface area contributed by atoms with Crippen molar-refractivity contribution in [2.45, 2.75) is 46.6 Å². The number of amides is 1. The van der Waals surface area contributed by atoms with Crippen molar-refractivity contribution >= 4 is 33.7 Å². The number of primary amides is 1. The first kappa shape index (κ1) is 24.1. The number of nitrogens with zero attached hydrogens (tertiary/aromatic N) is 1. The van der Waals surface area contributed by atoms with Crippen molar-refractivity contribution in [1.82, 2.24) is 4.57 Å². The van der Waals surface area contributed by atoms with Gasteiger partial charge in [-0.25, -0.2) is 4.79 Å². The summed E-state index contributed by atoms with van der Waals surface area (Å²) in [6, 6.07) is 7.63. The molecule has 0 aliphatic heterocycles. The summed E-state index contributed by atoms with van der Waals surface area (Å²) in [6.07, 6.45) is 6.85.